The molecule has 0 N–H and O–H groups in total. The normalized spacial score (nSPS) is 14.8. The lowest BCUT2D eigenvalue weighted by atomic mass is 9.95. The molecule has 1 heterocycles. The van der Waals surface area contributed by atoms with Gasteiger partial charge in [0.15, 0.2) is 0 Å². The maximum absolute atomic E-state index is 14.1. The Kier molecular flexibility index (Phi) is 2.78. The minimum Gasteiger partial charge on any atom is -0.497 e. The summed E-state index contributed by atoms with van der Waals surface area (Å²) in [6.07, 6.45) is -3.40. The fraction of sp³-hybridized carbons (Fsp3) is 0.200. The Balaban J connectivity index is 2.22. The van der Waals surface area contributed by atoms with Crippen LogP contribution in [0.2, 0.25) is 0 Å². The zero-order valence-corrected chi connectivity index (χ0v) is 10.9. The van der Waals surface area contributed by atoms with Gasteiger partial charge in [-0.2, -0.15) is 8.78 Å². The van der Waals surface area contributed by atoms with E-state index in [1.54, 1.807) is 24.3 Å². The smallest absolute Gasteiger partial charge is 0.427 e. The van der Waals surface area contributed by atoms with Gasteiger partial charge in [-0.3, -0.25) is 0 Å². The Bertz CT molecular complexity index is 668. The first-order chi connectivity index (χ1) is 9.55. The summed E-state index contributed by atoms with van der Waals surface area (Å²) in [4.78, 5) is 0. The standard InChI is InChI=1S/C15H12F2O3/c1-18-9-3-5-11-12-6-4-10(19-2)8-14(12)20-15(16,17)13(11)7-9/h3-8H,1-2H3. The third-order valence-corrected chi connectivity index (χ3v) is 3.26. The lowest BCUT2D eigenvalue weighted by Crippen LogP contribution is -2.26. The van der Waals surface area contributed by atoms with Gasteiger partial charge in [-0.15, -0.1) is 0 Å². The molecule has 104 valence electrons. The number of halogens is 2. The highest BCUT2D eigenvalue weighted by Gasteiger charge is 2.42. The fourth-order valence-electron chi connectivity index (χ4n) is 2.26. The van der Waals surface area contributed by atoms with E-state index in [4.69, 9.17) is 14.2 Å². The van der Waals surface area contributed by atoms with Crippen LogP contribution in [0.1, 0.15) is 5.56 Å². The number of fused-ring (bicyclic) bond motifs is 3. The Morgan fingerprint density at radius 3 is 2.15 bits per heavy atom. The molecule has 0 spiro atoms. The van der Waals surface area contributed by atoms with Crippen LogP contribution in [0.5, 0.6) is 17.2 Å². The number of hydrogen-bond acceptors (Lipinski definition) is 3. The predicted molar refractivity (Wildman–Crippen MR) is 69.5 cm³/mol. The van der Waals surface area contributed by atoms with Gasteiger partial charge in [0.25, 0.3) is 0 Å². The van der Waals surface area contributed by atoms with Crippen molar-refractivity contribution in [2.75, 3.05) is 14.2 Å². The Hall–Kier alpha value is -2.30. The summed E-state index contributed by atoms with van der Waals surface area (Å²) in [7, 11) is 2.91. The Morgan fingerprint density at radius 2 is 1.50 bits per heavy atom. The highest BCUT2D eigenvalue weighted by atomic mass is 19.3. The second-order valence-electron chi connectivity index (χ2n) is 4.39. The van der Waals surface area contributed by atoms with Crippen molar-refractivity contribution in [1.82, 2.24) is 0 Å². The summed E-state index contributed by atoms with van der Waals surface area (Å²) in [6, 6.07) is 9.41. The highest BCUT2D eigenvalue weighted by molar-refractivity contribution is 5.77. The lowest BCUT2D eigenvalue weighted by molar-refractivity contribution is -0.187. The molecule has 2 aromatic carbocycles. The highest BCUT2D eigenvalue weighted by Crippen LogP contribution is 2.48. The van der Waals surface area contributed by atoms with Gasteiger partial charge >= 0.3 is 6.11 Å². The van der Waals surface area contributed by atoms with Crippen molar-refractivity contribution in [2.24, 2.45) is 0 Å². The van der Waals surface area contributed by atoms with Gasteiger partial charge < -0.3 is 14.2 Å². The third kappa shape index (κ3) is 1.86. The maximum atomic E-state index is 14.1. The Morgan fingerprint density at radius 1 is 0.900 bits per heavy atom. The van der Waals surface area contributed by atoms with Gasteiger partial charge in [-0.1, -0.05) is 0 Å². The van der Waals surface area contributed by atoms with Crippen molar-refractivity contribution >= 4 is 0 Å². The van der Waals surface area contributed by atoms with Crippen LogP contribution in [0, 0.1) is 0 Å². The quantitative estimate of drug-likeness (QED) is 0.836. The molecule has 0 radical (unpaired) electrons. The molecule has 5 heteroatoms. The van der Waals surface area contributed by atoms with Crippen LogP contribution in [0.4, 0.5) is 8.78 Å². The van der Waals surface area contributed by atoms with E-state index < -0.39 is 6.11 Å². The average molecular weight is 278 g/mol. The van der Waals surface area contributed by atoms with E-state index in [0.29, 0.717) is 22.6 Å². The van der Waals surface area contributed by atoms with Crippen LogP contribution < -0.4 is 14.2 Å². The second kappa shape index (κ2) is 4.37. The number of methoxy groups -OCH3 is 2. The monoisotopic (exact) mass is 278 g/mol. The summed E-state index contributed by atoms with van der Waals surface area (Å²) in [5.41, 5.74) is 0.837. The first kappa shape index (κ1) is 12.7. The van der Waals surface area contributed by atoms with E-state index >= 15 is 0 Å². The summed E-state index contributed by atoms with van der Waals surface area (Å²) < 4.78 is 43.1. The first-order valence-electron chi connectivity index (χ1n) is 5.99. The molecule has 1 aliphatic heterocycles. The zero-order valence-electron chi connectivity index (χ0n) is 10.9. The molecule has 0 amide bonds. The van der Waals surface area contributed by atoms with Gasteiger partial charge in [0.05, 0.1) is 19.8 Å². The largest absolute Gasteiger partial charge is 0.497 e. The molecule has 0 unspecified atom stereocenters. The summed E-state index contributed by atoms with van der Waals surface area (Å²) in [5, 5.41) is 0. The first-order valence-corrected chi connectivity index (χ1v) is 5.99. The topological polar surface area (TPSA) is 27.7 Å². The Labute approximate surface area is 114 Å². The molecule has 2 aromatic rings. The molecule has 3 nitrogen and oxygen atoms in total. The molecule has 1 aliphatic rings. The van der Waals surface area contributed by atoms with Crippen molar-refractivity contribution < 1.29 is 23.0 Å². The number of ether oxygens (including phenoxy) is 3. The third-order valence-electron chi connectivity index (χ3n) is 3.26. The van der Waals surface area contributed by atoms with Crippen molar-refractivity contribution in [3.63, 3.8) is 0 Å². The molecule has 0 fully saturated rings. The summed E-state index contributed by atoms with van der Waals surface area (Å²) in [6.45, 7) is 0. The van der Waals surface area contributed by atoms with E-state index in [1.165, 1.54) is 26.4 Å². The SMILES string of the molecule is COc1ccc2c(c1)OC(F)(F)c1cc(OC)ccc1-2. The molecular weight excluding hydrogens is 266 g/mol. The van der Waals surface area contributed by atoms with E-state index in [1.807, 2.05) is 0 Å². The predicted octanol–water partition coefficient (Wildman–Crippen LogP) is 3.81. The lowest BCUT2D eigenvalue weighted by Gasteiger charge is -2.28. The number of hydrogen-bond donors (Lipinski definition) is 0. The number of alkyl halides is 2. The van der Waals surface area contributed by atoms with Crippen molar-refractivity contribution in [3.8, 4) is 28.4 Å². The van der Waals surface area contributed by atoms with Crippen LogP contribution in [0.15, 0.2) is 36.4 Å². The fourth-order valence-corrected chi connectivity index (χ4v) is 2.26. The molecule has 0 bridgehead atoms. The minimum absolute atomic E-state index is 0.104. The van der Waals surface area contributed by atoms with Gasteiger partial charge in [0.2, 0.25) is 0 Å². The summed E-state index contributed by atoms with van der Waals surface area (Å²) in [5.74, 6) is 0.938. The molecule has 0 aromatic heterocycles. The molecule has 3 rings (SSSR count). The molecule has 0 saturated carbocycles. The van der Waals surface area contributed by atoms with Crippen molar-refractivity contribution in [1.29, 1.82) is 0 Å². The van der Waals surface area contributed by atoms with E-state index in [0.717, 1.165) is 0 Å². The average Bonchev–Trinajstić information content (AvgIpc) is 2.45. The summed E-state index contributed by atoms with van der Waals surface area (Å²) >= 11 is 0. The van der Waals surface area contributed by atoms with Crippen molar-refractivity contribution in [2.45, 2.75) is 6.11 Å². The van der Waals surface area contributed by atoms with Crippen LogP contribution in [-0.2, 0) is 6.11 Å². The molecule has 20 heavy (non-hydrogen) atoms. The van der Waals surface area contributed by atoms with Crippen LogP contribution in [0.3, 0.4) is 0 Å². The van der Waals surface area contributed by atoms with Gasteiger partial charge in [-0.25, -0.2) is 0 Å². The second-order valence-corrected chi connectivity index (χ2v) is 4.39. The van der Waals surface area contributed by atoms with Crippen molar-refractivity contribution in [3.05, 3.63) is 42.0 Å². The van der Waals surface area contributed by atoms with Gasteiger partial charge in [-0.05, 0) is 35.9 Å². The maximum Gasteiger partial charge on any atom is 0.427 e. The molecule has 0 saturated heterocycles. The minimum atomic E-state index is -3.40. The van der Waals surface area contributed by atoms with Gasteiger partial charge in [0.1, 0.15) is 17.2 Å². The number of benzene rings is 2. The number of rotatable bonds is 2. The van der Waals surface area contributed by atoms with Crippen LogP contribution >= 0.6 is 0 Å². The molecule has 0 aliphatic carbocycles. The van der Waals surface area contributed by atoms with E-state index in [2.05, 4.69) is 0 Å². The van der Waals surface area contributed by atoms with Crippen LogP contribution in [-0.4, -0.2) is 14.2 Å². The molecular formula is C15H12F2O3. The van der Waals surface area contributed by atoms with E-state index in [9.17, 15) is 8.78 Å². The molecule has 0 atom stereocenters. The zero-order chi connectivity index (χ0) is 14.3. The van der Waals surface area contributed by atoms with Gasteiger partial charge in [0, 0.05) is 11.6 Å². The van der Waals surface area contributed by atoms with E-state index in [-0.39, 0.29) is 11.3 Å². The van der Waals surface area contributed by atoms with Crippen LogP contribution in [0.25, 0.3) is 11.1 Å².